The molecule has 0 bridgehead atoms. The number of ether oxygens (including phenoxy) is 2. The molecule has 1 atom stereocenters. The predicted octanol–water partition coefficient (Wildman–Crippen LogP) is 0.738. The summed E-state index contributed by atoms with van der Waals surface area (Å²) in [6.07, 6.45) is 0.742. The third-order valence-corrected chi connectivity index (χ3v) is 4.14. The Labute approximate surface area is 169 Å². The molecule has 29 heavy (non-hydrogen) atoms. The molecule has 10 heteroatoms. The number of nitrogens with two attached hydrogens (primary N) is 1. The Balaban J connectivity index is 2.07. The van der Waals surface area contributed by atoms with Crippen molar-refractivity contribution in [3.8, 4) is 0 Å². The molecule has 1 amide bonds. The second-order valence-electron chi connectivity index (χ2n) is 7.19. The van der Waals surface area contributed by atoms with E-state index in [-0.39, 0.29) is 24.9 Å². The Hall–Kier alpha value is -2.85. The first-order chi connectivity index (χ1) is 13.8. The van der Waals surface area contributed by atoms with Gasteiger partial charge >= 0.3 is 5.97 Å². The number of hydrogen-bond acceptors (Lipinski definition) is 8. The van der Waals surface area contributed by atoms with Crippen LogP contribution in [-0.2, 0) is 32.2 Å². The molecule has 1 aromatic carbocycles. The van der Waals surface area contributed by atoms with Crippen LogP contribution in [0.5, 0.6) is 0 Å². The second kappa shape index (κ2) is 10.6. The van der Waals surface area contributed by atoms with E-state index in [2.05, 4.69) is 25.6 Å². The van der Waals surface area contributed by atoms with E-state index in [1.807, 2.05) is 30.3 Å². The molecule has 1 heterocycles. The van der Waals surface area contributed by atoms with Gasteiger partial charge in [-0.25, -0.2) is 4.68 Å². The average Bonchev–Trinajstić information content (AvgIpc) is 3.15. The number of nitrogens with one attached hydrogen (secondary N) is 1. The minimum atomic E-state index is -1.07. The van der Waals surface area contributed by atoms with Crippen molar-refractivity contribution in [2.24, 2.45) is 5.73 Å². The average molecular weight is 404 g/mol. The molecule has 0 saturated heterocycles. The van der Waals surface area contributed by atoms with Gasteiger partial charge in [0, 0.05) is 13.0 Å². The minimum Gasteiger partial charge on any atom is -0.469 e. The van der Waals surface area contributed by atoms with Crippen molar-refractivity contribution in [3.05, 3.63) is 41.7 Å². The highest BCUT2D eigenvalue weighted by atomic mass is 16.5. The molecule has 0 fully saturated rings. The van der Waals surface area contributed by atoms with Gasteiger partial charge < -0.3 is 20.5 Å². The van der Waals surface area contributed by atoms with Crippen LogP contribution in [0.2, 0.25) is 0 Å². The molecule has 3 N–H and O–H groups in total. The van der Waals surface area contributed by atoms with Crippen LogP contribution in [0.3, 0.4) is 0 Å². The van der Waals surface area contributed by atoms with Gasteiger partial charge in [0.25, 0.3) is 0 Å². The lowest BCUT2D eigenvalue weighted by Crippen LogP contribution is -2.51. The Morgan fingerprint density at radius 1 is 1.28 bits per heavy atom. The lowest BCUT2D eigenvalue weighted by molar-refractivity contribution is -0.140. The van der Waals surface area contributed by atoms with Crippen molar-refractivity contribution in [1.29, 1.82) is 0 Å². The topological polar surface area (TPSA) is 134 Å². The molecule has 0 aliphatic heterocycles. The summed E-state index contributed by atoms with van der Waals surface area (Å²) in [4.78, 5) is 23.7. The highest BCUT2D eigenvalue weighted by molar-refractivity contribution is 5.85. The van der Waals surface area contributed by atoms with E-state index in [0.29, 0.717) is 25.4 Å². The number of nitrogens with zero attached hydrogens (tertiary/aromatic N) is 4. The molecule has 1 aromatic heterocycles. The maximum Gasteiger partial charge on any atom is 0.305 e. The summed E-state index contributed by atoms with van der Waals surface area (Å²) in [5.41, 5.74) is 5.84. The fourth-order valence-electron chi connectivity index (χ4n) is 2.49. The van der Waals surface area contributed by atoms with Gasteiger partial charge in [0.1, 0.15) is 6.04 Å². The number of carbonyl (C=O) groups excluding carboxylic acids is 2. The van der Waals surface area contributed by atoms with Crippen LogP contribution in [0.4, 0.5) is 0 Å². The molecule has 0 aliphatic rings. The van der Waals surface area contributed by atoms with Crippen LogP contribution in [0, 0.1) is 0 Å². The number of aromatic nitrogens is 4. The van der Waals surface area contributed by atoms with Gasteiger partial charge in [-0.3, -0.25) is 9.59 Å². The lowest BCUT2D eigenvalue weighted by atomic mass is 10.1. The first-order valence-electron chi connectivity index (χ1n) is 9.35. The lowest BCUT2D eigenvalue weighted by Gasteiger charge is -2.23. The summed E-state index contributed by atoms with van der Waals surface area (Å²) in [5.74, 6) is -0.226. The van der Waals surface area contributed by atoms with E-state index < -0.39 is 11.6 Å². The van der Waals surface area contributed by atoms with Crippen molar-refractivity contribution in [1.82, 2.24) is 25.5 Å². The number of hydrogen-bond donors (Lipinski definition) is 2. The van der Waals surface area contributed by atoms with Gasteiger partial charge in [-0.1, -0.05) is 30.3 Å². The molecule has 0 unspecified atom stereocenters. The Bertz CT molecular complexity index is 787. The zero-order valence-corrected chi connectivity index (χ0v) is 17.0. The van der Waals surface area contributed by atoms with Crippen molar-refractivity contribution >= 4 is 11.9 Å². The van der Waals surface area contributed by atoms with Crippen molar-refractivity contribution in [2.45, 2.75) is 51.4 Å². The van der Waals surface area contributed by atoms with Gasteiger partial charge in [0.15, 0.2) is 5.82 Å². The highest BCUT2D eigenvalue weighted by Gasteiger charge is 2.28. The fraction of sp³-hybridized carbons (Fsp3) is 0.526. The monoisotopic (exact) mass is 404 g/mol. The number of methoxy groups -OCH3 is 1. The predicted molar refractivity (Wildman–Crippen MR) is 104 cm³/mol. The van der Waals surface area contributed by atoms with Crippen molar-refractivity contribution < 1.29 is 19.1 Å². The molecule has 0 radical (unpaired) electrons. The summed E-state index contributed by atoms with van der Waals surface area (Å²) in [5, 5.41) is 14.6. The summed E-state index contributed by atoms with van der Waals surface area (Å²) in [7, 11) is 1.34. The SMILES string of the molecule is COC(=O)CCCn1nnnc1[C@@H](COCc1ccccc1)NC(=O)C(C)(C)N. The van der Waals surface area contributed by atoms with E-state index in [1.165, 1.54) is 7.11 Å². The molecular weight excluding hydrogens is 376 g/mol. The number of benzene rings is 1. The van der Waals surface area contributed by atoms with Gasteiger partial charge in [-0.15, -0.1) is 5.10 Å². The summed E-state index contributed by atoms with van der Waals surface area (Å²) in [6.45, 7) is 4.17. The Morgan fingerprint density at radius 3 is 2.66 bits per heavy atom. The number of aryl methyl sites for hydroxylation is 1. The van der Waals surface area contributed by atoms with Crippen molar-refractivity contribution in [2.75, 3.05) is 13.7 Å². The molecule has 2 aromatic rings. The summed E-state index contributed by atoms with van der Waals surface area (Å²) >= 11 is 0. The molecule has 2 rings (SSSR count). The van der Waals surface area contributed by atoms with Crippen LogP contribution < -0.4 is 11.1 Å². The van der Waals surface area contributed by atoms with E-state index in [0.717, 1.165) is 5.56 Å². The van der Waals surface area contributed by atoms with Crippen LogP contribution in [0.15, 0.2) is 30.3 Å². The Kier molecular flexibility index (Phi) is 8.22. The normalized spacial score (nSPS) is 12.4. The van der Waals surface area contributed by atoms with E-state index >= 15 is 0 Å². The van der Waals surface area contributed by atoms with Crippen LogP contribution in [0.1, 0.15) is 44.1 Å². The number of rotatable bonds is 11. The fourth-order valence-corrected chi connectivity index (χ4v) is 2.49. The van der Waals surface area contributed by atoms with Crippen LogP contribution >= 0.6 is 0 Å². The number of esters is 1. The molecule has 0 spiro atoms. The molecule has 0 aliphatic carbocycles. The van der Waals surface area contributed by atoms with E-state index in [4.69, 9.17) is 10.5 Å². The van der Waals surface area contributed by atoms with Gasteiger partial charge in [-0.05, 0) is 36.3 Å². The second-order valence-corrected chi connectivity index (χ2v) is 7.19. The highest BCUT2D eigenvalue weighted by Crippen LogP contribution is 2.14. The Morgan fingerprint density at radius 2 is 2.00 bits per heavy atom. The maximum atomic E-state index is 12.4. The minimum absolute atomic E-state index is 0.161. The van der Waals surface area contributed by atoms with Gasteiger partial charge in [0.2, 0.25) is 5.91 Å². The largest absolute Gasteiger partial charge is 0.469 e. The van der Waals surface area contributed by atoms with Gasteiger partial charge in [-0.2, -0.15) is 0 Å². The first-order valence-corrected chi connectivity index (χ1v) is 9.35. The third-order valence-electron chi connectivity index (χ3n) is 4.14. The number of carbonyl (C=O) groups is 2. The molecule has 158 valence electrons. The van der Waals surface area contributed by atoms with Crippen molar-refractivity contribution in [3.63, 3.8) is 0 Å². The third kappa shape index (κ3) is 7.24. The zero-order chi connectivity index (χ0) is 21.3. The summed E-state index contributed by atoms with van der Waals surface area (Å²) in [6, 6.07) is 9.09. The smallest absolute Gasteiger partial charge is 0.305 e. The first kappa shape index (κ1) is 22.4. The van der Waals surface area contributed by atoms with E-state index in [1.54, 1.807) is 18.5 Å². The quantitative estimate of drug-likeness (QED) is 0.524. The number of amides is 1. The van der Waals surface area contributed by atoms with Gasteiger partial charge in [0.05, 0.1) is 25.9 Å². The van der Waals surface area contributed by atoms with Crippen LogP contribution in [-0.4, -0.2) is 51.3 Å². The number of tetrazole rings is 1. The standard InChI is InChI=1S/C19H28N6O4/c1-19(2,20)18(27)21-15(13-29-12-14-8-5-4-6-9-14)17-22-23-24-25(17)11-7-10-16(26)28-3/h4-6,8-9,15H,7,10-13,20H2,1-3H3,(H,21,27)/t15-/m1/s1. The van der Waals surface area contributed by atoms with E-state index in [9.17, 15) is 9.59 Å². The molecular formula is C19H28N6O4. The van der Waals surface area contributed by atoms with Crippen LogP contribution in [0.25, 0.3) is 0 Å². The molecule has 0 saturated carbocycles. The summed E-state index contributed by atoms with van der Waals surface area (Å²) < 4.78 is 12.0. The molecule has 10 nitrogen and oxygen atoms in total. The maximum absolute atomic E-state index is 12.4. The zero-order valence-electron chi connectivity index (χ0n) is 17.0.